The summed E-state index contributed by atoms with van der Waals surface area (Å²) in [6.07, 6.45) is 0.763. The summed E-state index contributed by atoms with van der Waals surface area (Å²) in [6.45, 7) is 2.39. The first-order valence-corrected chi connectivity index (χ1v) is 8.13. The Balaban J connectivity index is 1.90. The van der Waals surface area contributed by atoms with Gasteiger partial charge in [0.1, 0.15) is 4.70 Å². The Morgan fingerprint density at radius 1 is 1.29 bits per heavy atom. The number of aromatic nitrogens is 2. The first-order chi connectivity index (χ1) is 11.6. The zero-order chi connectivity index (χ0) is 17.1. The molecule has 4 N–H and O–H groups in total. The Morgan fingerprint density at radius 2 is 2.12 bits per heavy atom. The van der Waals surface area contributed by atoms with Crippen LogP contribution in [0, 0.1) is 0 Å². The van der Waals surface area contributed by atoms with Crippen LogP contribution in [0.25, 0.3) is 10.2 Å². The number of thiophene rings is 1. The summed E-state index contributed by atoms with van der Waals surface area (Å²) in [5.74, 6) is 0.139. The van der Waals surface area contributed by atoms with Crippen molar-refractivity contribution >= 4 is 38.9 Å². The fourth-order valence-corrected chi connectivity index (χ4v) is 2.93. The molecule has 0 aliphatic heterocycles. The van der Waals surface area contributed by atoms with Crippen molar-refractivity contribution in [1.82, 2.24) is 9.97 Å². The Kier molecular flexibility index (Phi) is 4.65. The van der Waals surface area contributed by atoms with Crippen LogP contribution in [0.3, 0.4) is 0 Å². The van der Waals surface area contributed by atoms with Gasteiger partial charge in [-0.3, -0.25) is 10.3 Å². The standard InChI is InChI=1S/C15H16N4O4S/c1-2-6-19(21)9-3-4-10(12(8-9)23-22)16-15-17-11-5-7-24-13(11)14(20)18-15/h3-5,7-8,21-22H,2,6H2,1H3,(H2,16,17,18,20). The second-order valence-corrected chi connectivity index (χ2v) is 5.94. The van der Waals surface area contributed by atoms with Gasteiger partial charge in [-0.1, -0.05) is 6.92 Å². The number of rotatable bonds is 6. The van der Waals surface area contributed by atoms with Crippen LogP contribution in [0.2, 0.25) is 0 Å². The zero-order valence-corrected chi connectivity index (χ0v) is 13.6. The molecule has 2 aromatic heterocycles. The molecule has 0 aliphatic rings. The Hall–Kier alpha value is -2.62. The van der Waals surface area contributed by atoms with Crippen molar-refractivity contribution in [3.63, 3.8) is 0 Å². The third-order valence-corrected chi connectivity index (χ3v) is 4.23. The average Bonchev–Trinajstić information content (AvgIpc) is 3.04. The number of hydrogen-bond acceptors (Lipinski definition) is 9. The molecule has 2 heterocycles. The van der Waals surface area contributed by atoms with Crippen LogP contribution in [0.1, 0.15) is 13.3 Å². The summed E-state index contributed by atoms with van der Waals surface area (Å²) in [4.78, 5) is 12.6. The maximum Gasteiger partial charge on any atom is 0.234 e. The maximum atomic E-state index is 9.92. The molecule has 24 heavy (non-hydrogen) atoms. The molecule has 1 aromatic carbocycles. The lowest BCUT2D eigenvalue weighted by Gasteiger charge is -2.17. The molecule has 3 aromatic rings. The van der Waals surface area contributed by atoms with Crippen molar-refractivity contribution in [2.45, 2.75) is 13.3 Å². The number of nitrogens with one attached hydrogen (secondary N) is 1. The third kappa shape index (κ3) is 3.18. The molecular weight excluding hydrogens is 332 g/mol. The van der Waals surface area contributed by atoms with E-state index in [1.807, 2.05) is 12.3 Å². The highest BCUT2D eigenvalue weighted by atomic mass is 32.1. The van der Waals surface area contributed by atoms with Crippen LogP contribution in [0.5, 0.6) is 11.6 Å². The summed E-state index contributed by atoms with van der Waals surface area (Å²) < 4.78 is 0.602. The monoisotopic (exact) mass is 348 g/mol. The van der Waals surface area contributed by atoms with E-state index in [-0.39, 0.29) is 17.6 Å². The van der Waals surface area contributed by atoms with E-state index in [2.05, 4.69) is 20.2 Å². The van der Waals surface area contributed by atoms with E-state index in [0.717, 1.165) is 11.5 Å². The van der Waals surface area contributed by atoms with Crippen molar-refractivity contribution in [1.29, 1.82) is 0 Å². The molecule has 0 amide bonds. The molecule has 0 fully saturated rings. The number of fused-ring (bicyclic) bond motifs is 1. The van der Waals surface area contributed by atoms with Gasteiger partial charge in [0.05, 0.1) is 16.9 Å². The van der Waals surface area contributed by atoms with Crippen LogP contribution in [0.4, 0.5) is 17.3 Å². The summed E-state index contributed by atoms with van der Waals surface area (Å²) in [5.41, 5.74) is 1.48. The average molecular weight is 348 g/mol. The third-order valence-electron chi connectivity index (χ3n) is 3.33. The summed E-state index contributed by atoms with van der Waals surface area (Å²) in [7, 11) is 0. The number of anilines is 3. The van der Waals surface area contributed by atoms with Gasteiger partial charge in [-0.2, -0.15) is 4.98 Å². The lowest BCUT2D eigenvalue weighted by Crippen LogP contribution is -2.18. The van der Waals surface area contributed by atoms with Crippen LogP contribution >= 0.6 is 11.3 Å². The quantitative estimate of drug-likeness (QED) is 0.395. The van der Waals surface area contributed by atoms with E-state index in [4.69, 9.17) is 5.26 Å². The van der Waals surface area contributed by atoms with E-state index >= 15 is 0 Å². The molecule has 126 valence electrons. The van der Waals surface area contributed by atoms with Gasteiger partial charge in [0.25, 0.3) is 0 Å². The minimum atomic E-state index is -0.120. The Bertz CT molecular complexity index is 855. The van der Waals surface area contributed by atoms with E-state index in [0.29, 0.717) is 28.1 Å². The lowest BCUT2D eigenvalue weighted by molar-refractivity contribution is -0.136. The highest BCUT2D eigenvalue weighted by Gasteiger charge is 2.13. The van der Waals surface area contributed by atoms with Gasteiger partial charge in [0.2, 0.25) is 11.8 Å². The highest BCUT2D eigenvalue weighted by molar-refractivity contribution is 7.17. The minimum absolute atomic E-state index is 0.0937. The van der Waals surface area contributed by atoms with Crippen LogP contribution in [-0.4, -0.2) is 32.1 Å². The van der Waals surface area contributed by atoms with Gasteiger partial charge in [0, 0.05) is 12.6 Å². The van der Waals surface area contributed by atoms with Crippen molar-refractivity contribution in [2.24, 2.45) is 0 Å². The fourth-order valence-electron chi connectivity index (χ4n) is 2.22. The molecule has 3 rings (SSSR count). The predicted molar refractivity (Wildman–Crippen MR) is 91.5 cm³/mol. The van der Waals surface area contributed by atoms with E-state index in [1.54, 1.807) is 18.2 Å². The van der Waals surface area contributed by atoms with E-state index < -0.39 is 0 Å². The number of aromatic hydroxyl groups is 1. The summed E-state index contributed by atoms with van der Waals surface area (Å²) >= 11 is 1.35. The van der Waals surface area contributed by atoms with Gasteiger partial charge >= 0.3 is 0 Å². The van der Waals surface area contributed by atoms with Crippen molar-refractivity contribution in [2.75, 3.05) is 16.9 Å². The zero-order valence-electron chi connectivity index (χ0n) is 12.8. The predicted octanol–water partition coefficient (Wildman–Crippen LogP) is 3.60. The molecule has 0 unspecified atom stereocenters. The topological polar surface area (TPSA) is 111 Å². The first kappa shape index (κ1) is 16.2. The molecule has 0 spiro atoms. The minimum Gasteiger partial charge on any atom is -0.492 e. The van der Waals surface area contributed by atoms with E-state index in [1.165, 1.54) is 17.4 Å². The molecule has 0 bridgehead atoms. The summed E-state index contributed by atoms with van der Waals surface area (Å²) in [6, 6.07) is 6.51. The molecule has 8 nitrogen and oxygen atoms in total. The molecular formula is C15H16N4O4S. The van der Waals surface area contributed by atoms with Crippen molar-refractivity contribution < 1.29 is 20.5 Å². The van der Waals surface area contributed by atoms with Gasteiger partial charge in [0.15, 0.2) is 5.75 Å². The number of hydroxylamine groups is 1. The van der Waals surface area contributed by atoms with E-state index in [9.17, 15) is 10.3 Å². The fraction of sp³-hybridized carbons (Fsp3) is 0.200. The second-order valence-electron chi connectivity index (χ2n) is 5.03. The van der Waals surface area contributed by atoms with Crippen LogP contribution in [0.15, 0.2) is 29.6 Å². The van der Waals surface area contributed by atoms with Crippen molar-refractivity contribution in [3.05, 3.63) is 29.6 Å². The Labute approximate surface area is 141 Å². The van der Waals surface area contributed by atoms with Crippen LogP contribution < -0.4 is 15.3 Å². The van der Waals surface area contributed by atoms with Gasteiger partial charge in [-0.25, -0.2) is 10.2 Å². The van der Waals surface area contributed by atoms with Crippen LogP contribution in [-0.2, 0) is 0 Å². The number of benzene rings is 1. The highest BCUT2D eigenvalue weighted by Crippen LogP contribution is 2.33. The molecule has 0 atom stereocenters. The smallest absolute Gasteiger partial charge is 0.234 e. The van der Waals surface area contributed by atoms with Gasteiger partial charge in [-0.05, 0) is 30.0 Å². The summed E-state index contributed by atoms with van der Waals surface area (Å²) in [5, 5.41) is 34.6. The molecule has 9 heteroatoms. The number of hydrogen-bond donors (Lipinski definition) is 4. The first-order valence-electron chi connectivity index (χ1n) is 7.25. The normalized spacial score (nSPS) is 10.8. The van der Waals surface area contributed by atoms with Crippen molar-refractivity contribution in [3.8, 4) is 11.6 Å². The SMILES string of the molecule is CCCN(O)c1ccc(Nc2nc(O)c3sccc3n2)c(OO)c1. The van der Waals surface area contributed by atoms with Gasteiger partial charge in [-0.15, -0.1) is 11.3 Å². The van der Waals surface area contributed by atoms with Gasteiger partial charge < -0.3 is 15.3 Å². The molecule has 0 aliphatic carbocycles. The largest absolute Gasteiger partial charge is 0.492 e. The lowest BCUT2D eigenvalue weighted by atomic mass is 10.2. The Morgan fingerprint density at radius 3 is 2.88 bits per heavy atom. The number of nitrogens with zero attached hydrogens (tertiary/aromatic N) is 3. The molecule has 0 saturated heterocycles. The molecule has 0 radical (unpaired) electrons. The molecule has 0 saturated carbocycles. The second kappa shape index (κ2) is 6.87. The maximum absolute atomic E-state index is 9.92.